The van der Waals surface area contributed by atoms with Crippen LogP contribution in [0.1, 0.15) is 36.6 Å². The van der Waals surface area contributed by atoms with Crippen LogP contribution in [0.4, 0.5) is 0 Å². The molecule has 0 fully saturated rings. The topological polar surface area (TPSA) is 75.3 Å². The standard InChI is InChI=1S/C18H21ClN2O3S/c1-13(14-6-4-3-5-7-14)20-18(22)12-17(21-25(2,23)24)15-8-10-16(19)11-9-15/h3-11,13,17,21H,12H2,1-2H3,(H,20,22)/t13-,17-/m0/s1. The van der Waals surface area contributed by atoms with Gasteiger partial charge in [0.1, 0.15) is 0 Å². The van der Waals surface area contributed by atoms with E-state index in [1.165, 1.54) is 0 Å². The summed E-state index contributed by atoms with van der Waals surface area (Å²) in [5.41, 5.74) is 1.66. The van der Waals surface area contributed by atoms with E-state index < -0.39 is 16.1 Å². The Morgan fingerprint density at radius 1 is 1.04 bits per heavy atom. The zero-order valence-corrected chi connectivity index (χ0v) is 15.6. The molecule has 25 heavy (non-hydrogen) atoms. The highest BCUT2D eigenvalue weighted by molar-refractivity contribution is 7.88. The Kier molecular flexibility index (Phi) is 6.58. The number of sulfonamides is 1. The van der Waals surface area contributed by atoms with Crippen molar-refractivity contribution in [3.8, 4) is 0 Å². The maximum absolute atomic E-state index is 12.4. The van der Waals surface area contributed by atoms with Gasteiger partial charge in [-0.3, -0.25) is 4.79 Å². The minimum Gasteiger partial charge on any atom is -0.350 e. The molecular weight excluding hydrogens is 360 g/mol. The number of amides is 1. The molecule has 134 valence electrons. The van der Waals surface area contributed by atoms with Crippen LogP contribution in [-0.4, -0.2) is 20.6 Å². The fraction of sp³-hybridized carbons (Fsp3) is 0.278. The van der Waals surface area contributed by atoms with Gasteiger partial charge in [0.25, 0.3) is 0 Å². The molecule has 0 unspecified atom stereocenters. The second-order valence-corrected chi connectivity index (χ2v) is 8.11. The molecule has 1 amide bonds. The summed E-state index contributed by atoms with van der Waals surface area (Å²) in [6.45, 7) is 1.88. The van der Waals surface area contributed by atoms with Crippen LogP contribution in [0.15, 0.2) is 54.6 Å². The van der Waals surface area contributed by atoms with Gasteiger partial charge in [0.2, 0.25) is 15.9 Å². The van der Waals surface area contributed by atoms with E-state index in [-0.39, 0.29) is 18.4 Å². The predicted molar refractivity (Wildman–Crippen MR) is 99.8 cm³/mol. The minimum absolute atomic E-state index is 0.00806. The largest absolute Gasteiger partial charge is 0.350 e. The van der Waals surface area contributed by atoms with E-state index in [9.17, 15) is 13.2 Å². The summed E-state index contributed by atoms with van der Waals surface area (Å²) in [5.74, 6) is -0.243. The maximum Gasteiger partial charge on any atom is 0.222 e. The van der Waals surface area contributed by atoms with Crippen molar-refractivity contribution in [1.29, 1.82) is 0 Å². The molecule has 2 N–H and O–H groups in total. The number of rotatable bonds is 7. The third-order valence-electron chi connectivity index (χ3n) is 3.70. The molecule has 0 aromatic heterocycles. The first-order valence-electron chi connectivity index (χ1n) is 7.81. The number of halogens is 1. The first kappa shape index (κ1) is 19.4. The molecule has 0 bridgehead atoms. The number of carbonyl (C=O) groups excluding carboxylic acids is 1. The number of hydrogen-bond acceptors (Lipinski definition) is 3. The SMILES string of the molecule is C[C@H](NC(=O)C[C@H](NS(C)(=O)=O)c1ccc(Cl)cc1)c1ccccc1. The fourth-order valence-corrected chi connectivity index (χ4v) is 3.35. The van der Waals surface area contributed by atoms with Crippen LogP contribution < -0.4 is 10.0 Å². The zero-order chi connectivity index (χ0) is 18.4. The van der Waals surface area contributed by atoms with Gasteiger partial charge in [-0.1, -0.05) is 54.1 Å². The van der Waals surface area contributed by atoms with E-state index in [1.54, 1.807) is 24.3 Å². The summed E-state index contributed by atoms with van der Waals surface area (Å²) < 4.78 is 25.8. The van der Waals surface area contributed by atoms with Crippen LogP contribution in [-0.2, 0) is 14.8 Å². The third-order valence-corrected chi connectivity index (χ3v) is 4.66. The van der Waals surface area contributed by atoms with E-state index in [2.05, 4.69) is 10.0 Å². The second-order valence-electron chi connectivity index (χ2n) is 5.90. The van der Waals surface area contributed by atoms with Crippen molar-refractivity contribution in [3.05, 3.63) is 70.7 Å². The summed E-state index contributed by atoms with van der Waals surface area (Å²) in [6.07, 6.45) is 1.06. The Hall–Kier alpha value is -1.89. The minimum atomic E-state index is -3.47. The highest BCUT2D eigenvalue weighted by atomic mass is 35.5. The van der Waals surface area contributed by atoms with Gasteiger partial charge in [0.05, 0.1) is 18.3 Å². The average molecular weight is 381 g/mol. The van der Waals surface area contributed by atoms with Crippen molar-refractivity contribution in [2.24, 2.45) is 0 Å². The molecule has 7 heteroatoms. The highest BCUT2D eigenvalue weighted by Gasteiger charge is 2.21. The molecule has 0 heterocycles. The van der Waals surface area contributed by atoms with Crippen molar-refractivity contribution in [2.45, 2.75) is 25.4 Å². The summed E-state index contributed by atoms with van der Waals surface area (Å²) in [4.78, 5) is 12.4. The lowest BCUT2D eigenvalue weighted by Gasteiger charge is -2.20. The van der Waals surface area contributed by atoms with E-state index in [4.69, 9.17) is 11.6 Å². The van der Waals surface area contributed by atoms with E-state index in [1.807, 2.05) is 37.3 Å². The van der Waals surface area contributed by atoms with Gasteiger partial charge in [-0.15, -0.1) is 0 Å². The summed E-state index contributed by atoms with van der Waals surface area (Å²) >= 11 is 5.87. The number of hydrogen-bond donors (Lipinski definition) is 2. The lowest BCUT2D eigenvalue weighted by atomic mass is 10.0. The van der Waals surface area contributed by atoms with Crippen LogP contribution in [0.2, 0.25) is 5.02 Å². The van der Waals surface area contributed by atoms with Crippen LogP contribution in [0.5, 0.6) is 0 Å². The van der Waals surface area contributed by atoms with E-state index in [0.29, 0.717) is 10.6 Å². The van der Waals surface area contributed by atoms with Gasteiger partial charge in [-0.05, 0) is 30.2 Å². The molecule has 2 rings (SSSR count). The van der Waals surface area contributed by atoms with Crippen molar-refractivity contribution in [1.82, 2.24) is 10.0 Å². The Labute approximate surface area is 153 Å². The maximum atomic E-state index is 12.4. The van der Waals surface area contributed by atoms with E-state index in [0.717, 1.165) is 11.8 Å². The normalized spacial score (nSPS) is 13.9. The van der Waals surface area contributed by atoms with Gasteiger partial charge in [-0.25, -0.2) is 13.1 Å². The van der Waals surface area contributed by atoms with Crippen molar-refractivity contribution >= 4 is 27.5 Å². The number of nitrogens with one attached hydrogen (secondary N) is 2. The molecule has 0 spiro atoms. The van der Waals surface area contributed by atoms with Crippen LogP contribution in [0.25, 0.3) is 0 Å². The van der Waals surface area contributed by atoms with Gasteiger partial charge >= 0.3 is 0 Å². The molecule has 0 aliphatic heterocycles. The van der Waals surface area contributed by atoms with Gasteiger partial charge < -0.3 is 5.32 Å². The molecule has 0 saturated carbocycles. The smallest absolute Gasteiger partial charge is 0.222 e. The van der Waals surface area contributed by atoms with Crippen molar-refractivity contribution in [3.63, 3.8) is 0 Å². The molecule has 0 aliphatic rings. The number of carbonyl (C=O) groups is 1. The first-order chi connectivity index (χ1) is 11.7. The van der Waals surface area contributed by atoms with Crippen LogP contribution >= 0.6 is 11.6 Å². The Morgan fingerprint density at radius 2 is 1.64 bits per heavy atom. The zero-order valence-electron chi connectivity index (χ0n) is 14.1. The molecule has 0 saturated heterocycles. The van der Waals surface area contributed by atoms with Crippen LogP contribution in [0, 0.1) is 0 Å². The lowest BCUT2D eigenvalue weighted by Crippen LogP contribution is -2.34. The predicted octanol–water partition coefficient (Wildman–Crippen LogP) is 3.20. The molecule has 0 aliphatic carbocycles. The Balaban J connectivity index is 2.10. The van der Waals surface area contributed by atoms with Crippen LogP contribution in [0.3, 0.4) is 0 Å². The summed E-state index contributed by atoms with van der Waals surface area (Å²) in [5, 5.41) is 3.44. The third kappa shape index (κ3) is 6.49. The average Bonchev–Trinajstić information content (AvgIpc) is 2.54. The van der Waals surface area contributed by atoms with Gasteiger partial charge in [0, 0.05) is 11.4 Å². The lowest BCUT2D eigenvalue weighted by molar-refractivity contribution is -0.122. The molecule has 2 aromatic carbocycles. The number of benzene rings is 2. The van der Waals surface area contributed by atoms with Crippen molar-refractivity contribution < 1.29 is 13.2 Å². The summed E-state index contributed by atoms with van der Waals surface area (Å²) in [7, 11) is -3.47. The molecule has 0 radical (unpaired) electrons. The molecule has 5 nitrogen and oxygen atoms in total. The Morgan fingerprint density at radius 3 is 2.20 bits per heavy atom. The second kappa shape index (κ2) is 8.47. The fourth-order valence-electron chi connectivity index (χ4n) is 2.49. The summed E-state index contributed by atoms with van der Waals surface area (Å²) in [6, 6.07) is 15.5. The van der Waals surface area contributed by atoms with Gasteiger partial charge in [-0.2, -0.15) is 0 Å². The Bertz CT molecular complexity index is 808. The van der Waals surface area contributed by atoms with E-state index >= 15 is 0 Å². The molecular formula is C18H21ClN2O3S. The van der Waals surface area contributed by atoms with Gasteiger partial charge in [0.15, 0.2) is 0 Å². The monoisotopic (exact) mass is 380 g/mol. The molecule has 2 atom stereocenters. The first-order valence-corrected chi connectivity index (χ1v) is 10.1. The molecule has 2 aromatic rings. The van der Waals surface area contributed by atoms with Crippen molar-refractivity contribution in [2.75, 3.05) is 6.26 Å². The quantitative estimate of drug-likeness (QED) is 0.774. The highest BCUT2D eigenvalue weighted by Crippen LogP contribution is 2.21.